The summed E-state index contributed by atoms with van der Waals surface area (Å²) in [4.78, 5) is 13.1. The zero-order chi connectivity index (χ0) is 16.2. The molecule has 0 aromatic heterocycles. The Morgan fingerprint density at radius 2 is 1.95 bits per heavy atom. The zero-order valence-corrected chi connectivity index (χ0v) is 13.8. The van der Waals surface area contributed by atoms with Crippen LogP contribution in [0.1, 0.15) is 30.6 Å². The van der Waals surface area contributed by atoms with Crippen molar-refractivity contribution in [2.24, 2.45) is 0 Å². The van der Waals surface area contributed by atoms with Gasteiger partial charge in [0.15, 0.2) is 11.5 Å². The zero-order valence-electron chi connectivity index (χ0n) is 13.8. The molecule has 1 saturated heterocycles. The Morgan fingerprint density at radius 1 is 1.23 bits per heavy atom. The SMILES string of the molecule is CC.COc1ccc(C=O)cc1OCCCN1CCOCC1. The third-order valence-electron chi connectivity index (χ3n) is 3.30. The van der Waals surface area contributed by atoms with Gasteiger partial charge in [-0.25, -0.2) is 0 Å². The number of carbonyl (C=O) groups is 1. The number of hydrogen-bond donors (Lipinski definition) is 0. The molecule has 5 nitrogen and oxygen atoms in total. The van der Waals surface area contributed by atoms with Crippen molar-refractivity contribution in [2.45, 2.75) is 20.3 Å². The van der Waals surface area contributed by atoms with Crippen molar-refractivity contribution in [1.29, 1.82) is 0 Å². The van der Waals surface area contributed by atoms with Crippen LogP contribution < -0.4 is 9.47 Å². The van der Waals surface area contributed by atoms with E-state index in [-0.39, 0.29) is 0 Å². The number of carbonyl (C=O) groups excluding carboxylic acids is 1. The average molecular weight is 309 g/mol. The van der Waals surface area contributed by atoms with Crippen LogP contribution in [0.25, 0.3) is 0 Å². The van der Waals surface area contributed by atoms with Crippen molar-refractivity contribution in [1.82, 2.24) is 4.90 Å². The summed E-state index contributed by atoms with van der Waals surface area (Å²) in [6.07, 6.45) is 1.74. The molecule has 5 heteroatoms. The quantitative estimate of drug-likeness (QED) is 0.572. The molecule has 1 heterocycles. The minimum absolute atomic E-state index is 0.592. The van der Waals surface area contributed by atoms with Crippen molar-refractivity contribution >= 4 is 6.29 Å². The molecular formula is C17H27NO4. The summed E-state index contributed by atoms with van der Waals surface area (Å²) in [5.74, 6) is 1.28. The van der Waals surface area contributed by atoms with E-state index in [0.29, 0.717) is 23.7 Å². The highest BCUT2D eigenvalue weighted by atomic mass is 16.5. The number of benzene rings is 1. The van der Waals surface area contributed by atoms with E-state index in [1.54, 1.807) is 25.3 Å². The number of nitrogens with zero attached hydrogens (tertiary/aromatic N) is 1. The van der Waals surface area contributed by atoms with Crippen LogP contribution in [0.2, 0.25) is 0 Å². The van der Waals surface area contributed by atoms with Crippen molar-refractivity contribution in [3.8, 4) is 11.5 Å². The molecule has 0 bridgehead atoms. The summed E-state index contributed by atoms with van der Waals surface area (Å²) in [6, 6.07) is 5.17. The van der Waals surface area contributed by atoms with E-state index in [1.807, 2.05) is 13.8 Å². The highest BCUT2D eigenvalue weighted by molar-refractivity contribution is 5.76. The van der Waals surface area contributed by atoms with Crippen LogP contribution in [0.4, 0.5) is 0 Å². The summed E-state index contributed by atoms with van der Waals surface area (Å²) >= 11 is 0. The first kappa shape index (κ1) is 18.5. The van der Waals surface area contributed by atoms with Gasteiger partial charge in [0.25, 0.3) is 0 Å². The third kappa shape index (κ3) is 6.03. The maximum atomic E-state index is 10.8. The number of methoxy groups -OCH3 is 1. The van der Waals surface area contributed by atoms with Gasteiger partial charge in [-0.3, -0.25) is 9.69 Å². The summed E-state index contributed by atoms with van der Waals surface area (Å²) < 4.78 is 16.3. The second kappa shape index (κ2) is 11.0. The Labute approximate surface area is 133 Å². The maximum absolute atomic E-state index is 10.8. The van der Waals surface area contributed by atoms with Crippen molar-refractivity contribution < 1.29 is 19.0 Å². The van der Waals surface area contributed by atoms with Crippen LogP contribution in [0.3, 0.4) is 0 Å². The van der Waals surface area contributed by atoms with Gasteiger partial charge in [0, 0.05) is 25.2 Å². The van der Waals surface area contributed by atoms with Crippen LogP contribution in [0.15, 0.2) is 18.2 Å². The third-order valence-corrected chi connectivity index (χ3v) is 3.30. The van der Waals surface area contributed by atoms with Gasteiger partial charge in [-0.05, 0) is 24.6 Å². The van der Waals surface area contributed by atoms with Crippen LogP contribution >= 0.6 is 0 Å². The molecule has 2 rings (SSSR count). The lowest BCUT2D eigenvalue weighted by molar-refractivity contribution is 0.0357. The van der Waals surface area contributed by atoms with Crippen LogP contribution in [-0.2, 0) is 4.74 Å². The fourth-order valence-electron chi connectivity index (χ4n) is 2.17. The molecule has 1 fully saturated rings. The average Bonchev–Trinajstić information content (AvgIpc) is 2.61. The second-order valence-electron chi connectivity index (χ2n) is 4.68. The van der Waals surface area contributed by atoms with Gasteiger partial charge in [0.1, 0.15) is 6.29 Å². The Balaban J connectivity index is 0.00000116. The second-order valence-corrected chi connectivity index (χ2v) is 4.68. The van der Waals surface area contributed by atoms with Crippen LogP contribution in [0.5, 0.6) is 11.5 Å². The van der Waals surface area contributed by atoms with Gasteiger partial charge < -0.3 is 14.2 Å². The highest BCUT2D eigenvalue weighted by Gasteiger charge is 2.10. The smallest absolute Gasteiger partial charge is 0.161 e. The molecule has 0 aliphatic carbocycles. The van der Waals surface area contributed by atoms with Gasteiger partial charge in [-0.1, -0.05) is 13.8 Å². The van der Waals surface area contributed by atoms with E-state index in [9.17, 15) is 4.79 Å². The first-order valence-corrected chi connectivity index (χ1v) is 7.89. The van der Waals surface area contributed by atoms with E-state index in [4.69, 9.17) is 14.2 Å². The first-order chi connectivity index (χ1) is 10.8. The lowest BCUT2D eigenvalue weighted by Gasteiger charge is -2.26. The molecule has 1 aromatic carbocycles. The number of ether oxygens (including phenoxy) is 3. The van der Waals surface area contributed by atoms with E-state index in [0.717, 1.165) is 45.6 Å². The molecular weight excluding hydrogens is 282 g/mol. The number of aldehydes is 1. The Hall–Kier alpha value is -1.59. The monoisotopic (exact) mass is 309 g/mol. The van der Waals surface area contributed by atoms with Gasteiger partial charge in [-0.15, -0.1) is 0 Å². The molecule has 124 valence electrons. The molecule has 0 unspecified atom stereocenters. The first-order valence-electron chi connectivity index (χ1n) is 7.89. The topological polar surface area (TPSA) is 48.0 Å². The lowest BCUT2D eigenvalue weighted by atomic mass is 10.2. The predicted octanol–water partition coefficient (Wildman–Crippen LogP) is 2.64. The van der Waals surface area contributed by atoms with E-state index in [1.165, 1.54) is 0 Å². The molecule has 1 aromatic rings. The number of hydrogen-bond acceptors (Lipinski definition) is 5. The van der Waals surface area contributed by atoms with Gasteiger partial charge >= 0.3 is 0 Å². The molecule has 0 radical (unpaired) electrons. The molecule has 0 N–H and O–H groups in total. The van der Waals surface area contributed by atoms with Crippen LogP contribution in [0, 0.1) is 0 Å². The van der Waals surface area contributed by atoms with Gasteiger partial charge in [0.05, 0.1) is 26.9 Å². The van der Waals surface area contributed by atoms with Crippen molar-refractivity contribution in [3.05, 3.63) is 23.8 Å². The standard InChI is InChI=1S/C15H21NO4.C2H6/c1-18-14-4-3-13(12-17)11-15(14)20-8-2-5-16-6-9-19-10-7-16;1-2/h3-4,11-12H,2,5-10H2,1H3;1-2H3. The molecule has 0 saturated carbocycles. The molecule has 0 amide bonds. The van der Waals surface area contributed by atoms with E-state index in [2.05, 4.69) is 4.90 Å². The minimum atomic E-state index is 0.592. The maximum Gasteiger partial charge on any atom is 0.161 e. The normalized spacial score (nSPS) is 14.7. The Bertz CT molecular complexity index is 431. The molecule has 1 aliphatic heterocycles. The summed E-state index contributed by atoms with van der Waals surface area (Å²) in [5, 5.41) is 0. The van der Waals surface area contributed by atoms with Gasteiger partial charge in [-0.2, -0.15) is 0 Å². The molecule has 22 heavy (non-hydrogen) atoms. The largest absolute Gasteiger partial charge is 0.493 e. The molecule has 1 aliphatic rings. The fourth-order valence-corrected chi connectivity index (χ4v) is 2.17. The van der Waals surface area contributed by atoms with Crippen molar-refractivity contribution in [2.75, 3.05) is 46.6 Å². The minimum Gasteiger partial charge on any atom is -0.493 e. The summed E-state index contributed by atoms with van der Waals surface area (Å²) in [6.45, 7) is 9.22. The molecule has 0 atom stereocenters. The lowest BCUT2D eigenvalue weighted by Crippen LogP contribution is -2.37. The van der Waals surface area contributed by atoms with E-state index >= 15 is 0 Å². The summed E-state index contributed by atoms with van der Waals surface area (Å²) in [5.41, 5.74) is 0.592. The fraction of sp³-hybridized carbons (Fsp3) is 0.588. The Morgan fingerprint density at radius 3 is 2.59 bits per heavy atom. The number of rotatable bonds is 7. The highest BCUT2D eigenvalue weighted by Crippen LogP contribution is 2.27. The van der Waals surface area contributed by atoms with Gasteiger partial charge in [0.2, 0.25) is 0 Å². The Kier molecular flexibility index (Phi) is 9.26. The predicted molar refractivity (Wildman–Crippen MR) is 87.1 cm³/mol. The summed E-state index contributed by atoms with van der Waals surface area (Å²) in [7, 11) is 1.59. The number of morpholine rings is 1. The van der Waals surface area contributed by atoms with E-state index < -0.39 is 0 Å². The van der Waals surface area contributed by atoms with Crippen LogP contribution in [-0.4, -0.2) is 57.8 Å². The van der Waals surface area contributed by atoms with Crippen molar-refractivity contribution in [3.63, 3.8) is 0 Å². The molecule has 0 spiro atoms.